The largest absolute Gasteiger partial charge is 0.308 e. The lowest BCUT2D eigenvalue weighted by molar-refractivity contribution is -0.0105. The standard InChI is InChI=1S/C16H29N5/c1-5-16(6-2)11-17-15(3,13-7-8-13)12-21(16)10-14-9-20(4)19-18-14/h9,13,17H,5-8,10-12H2,1-4H3. The number of piperazine rings is 1. The Morgan fingerprint density at radius 2 is 2.05 bits per heavy atom. The smallest absolute Gasteiger partial charge is 0.0967 e. The van der Waals surface area contributed by atoms with Gasteiger partial charge >= 0.3 is 0 Å². The molecule has 0 spiro atoms. The molecule has 118 valence electrons. The van der Waals surface area contributed by atoms with Gasteiger partial charge < -0.3 is 5.32 Å². The lowest BCUT2D eigenvalue weighted by Crippen LogP contribution is -2.69. The molecule has 5 heteroatoms. The summed E-state index contributed by atoms with van der Waals surface area (Å²) in [5.74, 6) is 0.855. The summed E-state index contributed by atoms with van der Waals surface area (Å²) in [6.07, 6.45) is 7.17. The van der Waals surface area contributed by atoms with Crippen LogP contribution in [0.3, 0.4) is 0 Å². The van der Waals surface area contributed by atoms with Gasteiger partial charge in [-0.05, 0) is 38.5 Å². The van der Waals surface area contributed by atoms with Gasteiger partial charge in [0.1, 0.15) is 0 Å². The molecule has 2 heterocycles. The van der Waals surface area contributed by atoms with E-state index < -0.39 is 0 Å². The van der Waals surface area contributed by atoms with Crippen LogP contribution in [0.5, 0.6) is 0 Å². The minimum Gasteiger partial charge on any atom is -0.308 e. The fourth-order valence-electron chi connectivity index (χ4n) is 3.93. The van der Waals surface area contributed by atoms with Crippen molar-refractivity contribution < 1.29 is 0 Å². The molecule has 0 amide bonds. The van der Waals surface area contributed by atoms with Crippen molar-refractivity contribution in [1.82, 2.24) is 25.2 Å². The first-order chi connectivity index (χ1) is 10.0. The van der Waals surface area contributed by atoms with Crippen LogP contribution in [0.4, 0.5) is 0 Å². The summed E-state index contributed by atoms with van der Waals surface area (Å²) in [6.45, 7) is 10.2. The zero-order chi connectivity index (χ0) is 15.1. The number of hydrogen-bond acceptors (Lipinski definition) is 4. The molecule has 5 nitrogen and oxygen atoms in total. The lowest BCUT2D eigenvalue weighted by atomic mass is 9.81. The van der Waals surface area contributed by atoms with Crippen molar-refractivity contribution in [2.45, 2.75) is 64.1 Å². The monoisotopic (exact) mass is 291 g/mol. The zero-order valence-corrected chi connectivity index (χ0v) is 13.9. The highest BCUT2D eigenvalue weighted by Gasteiger charge is 2.49. The van der Waals surface area contributed by atoms with Gasteiger partial charge in [-0.3, -0.25) is 9.58 Å². The molecule has 1 unspecified atom stereocenters. The Labute approximate surface area is 128 Å². The summed E-state index contributed by atoms with van der Waals surface area (Å²) < 4.78 is 1.80. The van der Waals surface area contributed by atoms with Gasteiger partial charge in [0.05, 0.1) is 5.69 Å². The summed E-state index contributed by atoms with van der Waals surface area (Å²) in [7, 11) is 1.94. The fourth-order valence-corrected chi connectivity index (χ4v) is 3.93. The van der Waals surface area contributed by atoms with E-state index in [4.69, 9.17) is 0 Å². The summed E-state index contributed by atoms with van der Waals surface area (Å²) >= 11 is 0. The Hall–Kier alpha value is -0.940. The Morgan fingerprint density at radius 3 is 2.57 bits per heavy atom. The third kappa shape index (κ3) is 2.73. The highest BCUT2D eigenvalue weighted by Crippen LogP contribution is 2.43. The molecule has 3 rings (SSSR count). The second-order valence-electron chi connectivity index (χ2n) is 7.22. The predicted octanol–water partition coefficient (Wildman–Crippen LogP) is 1.95. The van der Waals surface area contributed by atoms with Crippen LogP contribution >= 0.6 is 0 Å². The molecular weight excluding hydrogens is 262 g/mol. The molecule has 0 radical (unpaired) electrons. The number of nitrogens with one attached hydrogen (secondary N) is 1. The first kappa shape index (κ1) is 15.0. The molecule has 1 saturated carbocycles. The third-order valence-corrected chi connectivity index (χ3v) is 5.81. The molecule has 21 heavy (non-hydrogen) atoms. The second kappa shape index (κ2) is 5.36. The molecule has 1 aliphatic heterocycles. The van der Waals surface area contributed by atoms with Crippen LogP contribution in [0.1, 0.15) is 52.1 Å². The maximum absolute atomic E-state index is 4.30. The number of nitrogens with zero attached hydrogens (tertiary/aromatic N) is 4. The van der Waals surface area contributed by atoms with Crippen molar-refractivity contribution in [3.8, 4) is 0 Å². The van der Waals surface area contributed by atoms with E-state index in [0.717, 1.165) is 31.2 Å². The normalized spacial score (nSPS) is 29.7. The fraction of sp³-hybridized carbons (Fsp3) is 0.875. The van der Waals surface area contributed by atoms with Gasteiger partial charge in [-0.15, -0.1) is 5.10 Å². The molecule has 1 N–H and O–H groups in total. The first-order valence-electron chi connectivity index (χ1n) is 8.36. The van der Waals surface area contributed by atoms with Crippen LogP contribution in [0.25, 0.3) is 0 Å². The van der Waals surface area contributed by atoms with Crippen molar-refractivity contribution in [3.05, 3.63) is 11.9 Å². The highest BCUT2D eigenvalue weighted by molar-refractivity contribution is 5.09. The van der Waals surface area contributed by atoms with Crippen molar-refractivity contribution in [2.24, 2.45) is 13.0 Å². The molecular formula is C16H29N5. The van der Waals surface area contributed by atoms with Crippen molar-refractivity contribution in [3.63, 3.8) is 0 Å². The molecule has 0 bridgehead atoms. The third-order valence-electron chi connectivity index (χ3n) is 5.81. The Balaban J connectivity index is 1.82. The molecule has 2 aliphatic rings. The van der Waals surface area contributed by atoms with Crippen LogP contribution < -0.4 is 5.32 Å². The molecule has 2 fully saturated rings. The maximum Gasteiger partial charge on any atom is 0.0967 e. The van der Waals surface area contributed by atoms with Crippen LogP contribution in [0.2, 0.25) is 0 Å². The predicted molar refractivity (Wildman–Crippen MR) is 83.9 cm³/mol. The van der Waals surface area contributed by atoms with Crippen LogP contribution in [0.15, 0.2) is 6.20 Å². The van der Waals surface area contributed by atoms with Gasteiger partial charge in [0.2, 0.25) is 0 Å². The van der Waals surface area contributed by atoms with Gasteiger partial charge in [-0.1, -0.05) is 19.1 Å². The maximum atomic E-state index is 4.30. The Morgan fingerprint density at radius 1 is 1.33 bits per heavy atom. The van der Waals surface area contributed by atoms with Gasteiger partial charge in [-0.2, -0.15) is 0 Å². The summed E-state index contributed by atoms with van der Waals surface area (Å²) in [5, 5.41) is 12.3. The topological polar surface area (TPSA) is 46.0 Å². The summed E-state index contributed by atoms with van der Waals surface area (Å²) in [4.78, 5) is 2.67. The molecule has 1 aliphatic carbocycles. The Kier molecular flexibility index (Phi) is 3.82. The molecule has 1 aromatic rings. The zero-order valence-electron chi connectivity index (χ0n) is 13.9. The van der Waals surface area contributed by atoms with E-state index in [0.29, 0.717) is 0 Å². The van der Waals surface area contributed by atoms with Gasteiger partial charge in [0.15, 0.2) is 0 Å². The van der Waals surface area contributed by atoms with E-state index in [1.54, 1.807) is 4.68 Å². The average Bonchev–Trinajstić information content (AvgIpc) is 3.25. The van der Waals surface area contributed by atoms with Crippen molar-refractivity contribution in [2.75, 3.05) is 13.1 Å². The van der Waals surface area contributed by atoms with E-state index in [9.17, 15) is 0 Å². The van der Waals surface area contributed by atoms with Gasteiger partial charge in [0, 0.05) is 44.0 Å². The van der Waals surface area contributed by atoms with E-state index >= 15 is 0 Å². The average molecular weight is 291 g/mol. The molecule has 1 saturated heterocycles. The minimum absolute atomic E-state index is 0.256. The molecule has 1 atom stereocenters. The number of aryl methyl sites for hydroxylation is 1. The van der Waals surface area contributed by atoms with Crippen LogP contribution in [0, 0.1) is 5.92 Å². The molecule has 0 aromatic carbocycles. The van der Waals surface area contributed by atoms with Crippen LogP contribution in [-0.2, 0) is 13.6 Å². The van der Waals surface area contributed by atoms with Gasteiger partial charge in [-0.25, -0.2) is 0 Å². The van der Waals surface area contributed by atoms with E-state index in [1.807, 2.05) is 13.2 Å². The van der Waals surface area contributed by atoms with E-state index in [1.165, 1.54) is 25.7 Å². The van der Waals surface area contributed by atoms with Crippen LogP contribution in [-0.4, -0.2) is 44.1 Å². The number of aromatic nitrogens is 3. The second-order valence-corrected chi connectivity index (χ2v) is 7.22. The number of rotatable bonds is 5. The quantitative estimate of drug-likeness (QED) is 0.900. The minimum atomic E-state index is 0.256. The Bertz CT molecular complexity index is 489. The molecule has 1 aromatic heterocycles. The first-order valence-corrected chi connectivity index (χ1v) is 8.36. The van der Waals surface area contributed by atoms with Gasteiger partial charge in [0.25, 0.3) is 0 Å². The van der Waals surface area contributed by atoms with E-state index in [2.05, 4.69) is 41.3 Å². The summed E-state index contributed by atoms with van der Waals surface area (Å²) in [5.41, 5.74) is 1.62. The highest BCUT2D eigenvalue weighted by atomic mass is 15.4. The van der Waals surface area contributed by atoms with E-state index in [-0.39, 0.29) is 11.1 Å². The number of hydrogen-bond donors (Lipinski definition) is 1. The van der Waals surface area contributed by atoms with Crippen molar-refractivity contribution >= 4 is 0 Å². The summed E-state index contributed by atoms with van der Waals surface area (Å²) in [6, 6.07) is 0. The lowest BCUT2D eigenvalue weighted by Gasteiger charge is -2.53. The van der Waals surface area contributed by atoms with Crippen molar-refractivity contribution in [1.29, 1.82) is 0 Å². The SMILES string of the molecule is CCC1(CC)CNC(C)(C2CC2)CN1Cc1cn(C)nn1.